The van der Waals surface area contributed by atoms with Crippen LogP contribution in [-0.2, 0) is 11.0 Å². The summed E-state index contributed by atoms with van der Waals surface area (Å²) >= 11 is 0. The third-order valence-corrected chi connectivity index (χ3v) is 5.80. The van der Waals surface area contributed by atoms with Crippen LogP contribution in [0, 0.1) is 6.92 Å². The van der Waals surface area contributed by atoms with Gasteiger partial charge in [-0.3, -0.25) is 19.9 Å². The molecule has 1 fully saturated rings. The first-order valence-corrected chi connectivity index (χ1v) is 11.1. The summed E-state index contributed by atoms with van der Waals surface area (Å²) in [7, 11) is 0. The molecular weight excluding hydrogens is 475 g/mol. The van der Waals surface area contributed by atoms with Crippen molar-refractivity contribution >= 4 is 29.2 Å². The van der Waals surface area contributed by atoms with Crippen LogP contribution in [0.4, 0.5) is 29.3 Å². The number of amides is 2. The Morgan fingerprint density at radius 2 is 1.75 bits per heavy atom. The number of halogens is 3. The molecule has 0 radical (unpaired) electrons. The second-order valence-corrected chi connectivity index (χ2v) is 8.58. The van der Waals surface area contributed by atoms with E-state index in [1.54, 1.807) is 24.4 Å². The molecule has 10 heteroatoms. The molecule has 186 valence electrons. The van der Waals surface area contributed by atoms with Gasteiger partial charge in [-0.2, -0.15) is 13.2 Å². The number of hydrogen-bond acceptors (Lipinski definition) is 4. The highest BCUT2D eigenvalue weighted by atomic mass is 19.4. The van der Waals surface area contributed by atoms with E-state index in [2.05, 4.69) is 10.3 Å². The number of hydrogen-bond donors (Lipinski definition) is 3. The van der Waals surface area contributed by atoms with Gasteiger partial charge >= 0.3 is 12.3 Å². The number of ketones is 1. The lowest BCUT2D eigenvalue weighted by atomic mass is 9.97. The van der Waals surface area contributed by atoms with Crippen LogP contribution in [0.25, 0.3) is 11.1 Å². The number of carbonyl (C=O) groups is 3. The van der Waals surface area contributed by atoms with Gasteiger partial charge in [0.2, 0.25) is 5.91 Å². The summed E-state index contributed by atoms with van der Waals surface area (Å²) in [6.45, 7) is 1.18. The van der Waals surface area contributed by atoms with Crippen molar-refractivity contribution in [2.24, 2.45) is 0 Å². The lowest BCUT2D eigenvalue weighted by Gasteiger charge is -2.17. The molecule has 2 aromatic carbocycles. The topological polar surface area (TPSA) is 108 Å². The summed E-state index contributed by atoms with van der Waals surface area (Å²) in [4.78, 5) is 41.0. The number of carbonyl (C=O) groups excluding carboxylic acids is 2. The quantitative estimate of drug-likeness (QED) is 0.264. The first-order valence-electron chi connectivity index (χ1n) is 11.1. The van der Waals surface area contributed by atoms with E-state index in [1.165, 1.54) is 6.92 Å². The van der Waals surface area contributed by atoms with E-state index in [4.69, 9.17) is 5.11 Å². The van der Waals surface area contributed by atoms with Gasteiger partial charge in [0, 0.05) is 23.2 Å². The Morgan fingerprint density at radius 3 is 2.42 bits per heavy atom. The lowest BCUT2D eigenvalue weighted by molar-refractivity contribution is -0.138. The van der Waals surface area contributed by atoms with E-state index in [9.17, 15) is 27.6 Å². The summed E-state index contributed by atoms with van der Waals surface area (Å²) in [6.07, 6.45) is -3.05. The van der Waals surface area contributed by atoms with Gasteiger partial charge in [-0.25, -0.2) is 4.79 Å². The minimum atomic E-state index is -4.72. The number of aromatic nitrogens is 1. The molecule has 36 heavy (non-hydrogen) atoms. The number of benzene rings is 2. The predicted octanol–water partition coefficient (Wildman–Crippen LogP) is 6.25. The SMILES string of the molecule is Cc1cc(NC(=O)O)c(NC(=O)CC(=O)c2cccc(-c3cccnc3C3CC3)c2)cc1C(F)(F)F. The molecule has 1 aliphatic carbocycles. The van der Waals surface area contributed by atoms with Crippen LogP contribution in [0.1, 0.15) is 52.4 Å². The van der Waals surface area contributed by atoms with E-state index in [1.807, 2.05) is 23.5 Å². The minimum absolute atomic E-state index is 0.224. The maximum absolute atomic E-state index is 13.3. The molecule has 3 aromatic rings. The number of nitrogens with zero attached hydrogens (tertiary/aromatic N) is 1. The Kier molecular flexibility index (Phi) is 6.78. The van der Waals surface area contributed by atoms with Crippen LogP contribution in [-0.4, -0.2) is 27.9 Å². The average molecular weight is 497 g/mol. The van der Waals surface area contributed by atoms with Crippen LogP contribution in [0.3, 0.4) is 0 Å². The highest BCUT2D eigenvalue weighted by Crippen LogP contribution is 2.43. The summed E-state index contributed by atoms with van der Waals surface area (Å²) in [6, 6.07) is 12.1. The van der Waals surface area contributed by atoms with Crippen LogP contribution in [0.2, 0.25) is 0 Å². The van der Waals surface area contributed by atoms with Crippen molar-refractivity contribution in [2.45, 2.75) is 38.3 Å². The van der Waals surface area contributed by atoms with E-state index >= 15 is 0 Å². The maximum Gasteiger partial charge on any atom is 0.416 e. The standard InChI is InChI=1S/C26H22F3N3O4/c1-14-10-20(32-25(35)36)21(12-19(14)26(27,28)29)31-23(34)13-22(33)17-5-2-4-16(11-17)18-6-3-9-30-24(18)15-7-8-15/h2-6,9-12,15,32H,7-8,13H2,1H3,(H,31,34)(H,35,36). The smallest absolute Gasteiger partial charge is 0.416 e. The average Bonchev–Trinajstić information content (AvgIpc) is 3.65. The van der Waals surface area contributed by atoms with Gasteiger partial charge in [-0.15, -0.1) is 0 Å². The third-order valence-electron chi connectivity index (χ3n) is 5.80. The minimum Gasteiger partial charge on any atom is -0.465 e. The molecule has 0 unspecified atom stereocenters. The van der Waals surface area contributed by atoms with Crippen molar-refractivity contribution in [3.63, 3.8) is 0 Å². The van der Waals surface area contributed by atoms with E-state index < -0.39 is 41.6 Å². The molecule has 0 atom stereocenters. The summed E-state index contributed by atoms with van der Waals surface area (Å²) < 4.78 is 40.0. The largest absolute Gasteiger partial charge is 0.465 e. The normalized spacial score (nSPS) is 13.2. The number of rotatable bonds is 7. The summed E-state index contributed by atoms with van der Waals surface area (Å²) in [5, 5.41) is 13.2. The van der Waals surface area contributed by atoms with Crippen LogP contribution in [0.15, 0.2) is 54.7 Å². The van der Waals surface area contributed by atoms with Gasteiger partial charge in [0.25, 0.3) is 0 Å². The van der Waals surface area contributed by atoms with Crippen molar-refractivity contribution < 1.29 is 32.7 Å². The van der Waals surface area contributed by atoms with Crippen LogP contribution >= 0.6 is 0 Å². The Morgan fingerprint density at radius 1 is 1.03 bits per heavy atom. The van der Waals surface area contributed by atoms with Gasteiger partial charge < -0.3 is 10.4 Å². The molecular formula is C26H22F3N3O4. The number of Topliss-reactive ketones (excluding diaryl/α,β-unsaturated/α-hetero) is 1. The van der Waals surface area contributed by atoms with Gasteiger partial charge in [-0.05, 0) is 55.2 Å². The van der Waals surface area contributed by atoms with Crippen molar-refractivity contribution in [1.82, 2.24) is 4.98 Å². The molecule has 2 amide bonds. The molecule has 0 bridgehead atoms. The fourth-order valence-electron chi connectivity index (χ4n) is 3.98. The van der Waals surface area contributed by atoms with Crippen molar-refractivity contribution in [2.75, 3.05) is 10.6 Å². The molecule has 1 aromatic heterocycles. The van der Waals surface area contributed by atoms with Crippen LogP contribution in [0.5, 0.6) is 0 Å². The van der Waals surface area contributed by atoms with Crippen LogP contribution < -0.4 is 10.6 Å². The predicted molar refractivity (Wildman–Crippen MR) is 127 cm³/mol. The van der Waals surface area contributed by atoms with Crippen molar-refractivity contribution in [1.29, 1.82) is 0 Å². The third kappa shape index (κ3) is 5.70. The van der Waals surface area contributed by atoms with Crippen molar-refractivity contribution in [3.8, 4) is 11.1 Å². The zero-order chi connectivity index (χ0) is 26.0. The van der Waals surface area contributed by atoms with E-state index in [0.29, 0.717) is 12.0 Å². The highest BCUT2D eigenvalue weighted by molar-refractivity contribution is 6.12. The molecule has 0 aliphatic heterocycles. The molecule has 4 rings (SSSR count). The Balaban J connectivity index is 1.54. The second-order valence-electron chi connectivity index (χ2n) is 8.58. The fraction of sp³-hybridized carbons (Fsp3) is 0.231. The Bertz CT molecular complexity index is 1350. The van der Waals surface area contributed by atoms with Gasteiger partial charge in [0.05, 0.1) is 29.1 Å². The van der Waals surface area contributed by atoms with E-state index in [-0.39, 0.29) is 16.8 Å². The molecule has 7 nitrogen and oxygen atoms in total. The maximum atomic E-state index is 13.3. The second kappa shape index (κ2) is 9.80. The molecule has 0 spiro atoms. The first-order chi connectivity index (χ1) is 17.0. The van der Waals surface area contributed by atoms with E-state index in [0.717, 1.165) is 35.7 Å². The number of pyridine rings is 1. The first kappa shape index (κ1) is 24.9. The Hall–Kier alpha value is -4.21. The van der Waals surface area contributed by atoms with Gasteiger partial charge in [0.1, 0.15) is 0 Å². The monoisotopic (exact) mass is 497 g/mol. The number of alkyl halides is 3. The highest BCUT2D eigenvalue weighted by Gasteiger charge is 2.33. The molecule has 1 heterocycles. The number of nitrogens with one attached hydrogen (secondary N) is 2. The summed E-state index contributed by atoms with van der Waals surface area (Å²) in [5.41, 5.74) is 1.01. The zero-order valence-electron chi connectivity index (χ0n) is 19.1. The van der Waals surface area contributed by atoms with Gasteiger partial charge in [0.15, 0.2) is 5.78 Å². The Labute approximate surface area is 204 Å². The number of carboxylic acid groups (broad SMARTS) is 1. The zero-order valence-corrected chi connectivity index (χ0v) is 19.1. The molecule has 0 saturated heterocycles. The fourth-order valence-corrected chi connectivity index (χ4v) is 3.98. The lowest BCUT2D eigenvalue weighted by Crippen LogP contribution is -2.20. The number of anilines is 2. The summed E-state index contributed by atoms with van der Waals surface area (Å²) in [5.74, 6) is -1.03. The molecule has 1 saturated carbocycles. The number of aryl methyl sites for hydroxylation is 1. The van der Waals surface area contributed by atoms with Crippen molar-refractivity contribution in [3.05, 3.63) is 77.1 Å². The molecule has 1 aliphatic rings. The van der Waals surface area contributed by atoms with Gasteiger partial charge in [-0.1, -0.05) is 24.3 Å². The molecule has 3 N–H and O–H groups in total.